The third-order valence-corrected chi connectivity index (χ3v) is 0. The fraction of sp³-hybridized carbons (Fsp3) is 1.00. The van der Waals surface area contributed by atoms with E-state index in [1.165, 1.54) is 0 Å². The van der Waals surface area contributed by atoms with E-state index in [4.69, 9.17) is 0 Å². The van der Waals surface area contributed by atoms with E-state index in [1.807, 2.05) is 13.8 Å². The van der Waals surface area contributed by atoms with Gasteiger partial charge in [-0.15, -0.1) is 0 Å². The molecule has 0 aliphatic carbocycles. The average molecular weight is 132 g/mol. The van der Waals surface area contributed by atoms with Gasteiger partial charge in [0.05, 0.1) is 0 Å². The Morgan fingerprint density at radius 3 is 1.33 bits per heavy atom. The second kappa shape index (κ2) is 3.67. The minimum Gasteiger partial charge on any atom is -1.00 e. The first kappa shape index (κ1) is 10.6. The Kier molecular flexibility index (Phi) is 6.51. The van der Waals surface area contributed by atoms with Crippen molar-refractivity contribution in [3.05, 3.63) is 0 Å². The Morgan fingerprint density at radius 2 is 1.33 bits per heavy atom. The zero-order chi connectivity index (χ0) is 4.50. The van der Waals surface area contributed by atoms with E-state index < -0.39 is 0 Å². The van der Waals surface area contributed by atoms with E-state index in [2.05, 4.69) is 25.3 Å². The van der Waals surface area contributed by atoms with Gasteiger partial charge in [-0.25, -0.2) is 0 Å². The van der Waals surface area contributed by atoms with E-state index in [1.54, 1.807) is 0 Å². The summed E-state index contributed by atoms with van der Waals surface area (Å²) >= 11 is 7.97. The molecule has 0 spiro atoms. The number of hydrogen-bond donors (Lipinski definition) is 2. The monoisotopic (exact) mass is 132 g/mol. The maximum Gasteiger partial charge on any atom is 1.00 e. The van der Waals surface area contributed by atoms with Crippen molar-refractivity contribution in [3.8, 4) is 0 Å². The van der Waals surface area contributed by atoms with Gasteiger partial charge < -0.3 is 1.43 Å². The molecule has 0 amide bonds. The molecule has 0 aliphatic rings. The van der Waals surface area contributed by atoms with E-state index in [0.29, 0.717) is 0 Å². The van der Waals surface area contributed by atoms with Crippen LogP contribution in [0.1, 0.15) is 15.3 Å². The van der Waals surface area contributed by atoms with E-state index in [-0.39, 0.29) is 35.1 Å². The normalized spacial score (nSPS) is 10.0. The molecule has 0 N–H and O–H groups in total. The van der Waals surface area contributed by atoms with E-state index >= 15 is 0 Å². The zero-order valence-corrected chi connectivity index (χ0v) is 8.18. The molecule has 0 nitrogen and oxygen atoms in total. The van der Waals surface area contributed by atoms with Crippen molar-refractivity contribution < 1.29 is 31.0 Å². The van der Waals surface area contributed by atoms with Gasteiger partial charge in [-0.1, -0.05) is 0 Å². The largest absolute Gasteiger partial charge is 1.00 e. The summed E-state index contributed by atoms with van der Waals surface area (Å²) in [6.07, 6.45) is 0. The first-order valence-corrected chi connectivity index (χ1v) is 2.34. The summed E-state index contributed by atoms with van der Waals surface area (Å²) in [5.41, 5.74) is 0. The Hall–Kier alpha value is 1.70. The molecule has 0 aliphatic heterocycles. The molecule has 0 aromatic heterocycles. The summed E-state index contributed by atoms with van der Waals surface area (Å²) < 4.78 is -0.111. The van der Waals surface area contributed by atoms with Gasteiger partial charge >= 0.3 is 29.6 Å². The van der Waals surface area contributed by atoms with Gasteiger partial charge in [-0.3, -0.25) is 0 Å². The van der Waals surface area contributed by atoms with Gasteiger partial charge in [-0.2, -0.15) is 25.3 Å². The molecule has 6 heavy (non-hydrogen) atoms. The number of hydrogen-bond acceptors (Lipinski definition) is 2. The summed E-state index contributed by atoms with van der Waals surface area (Å²) in [7, 11) is 0. The minimum atomic E-state index is -0.111. The van der Waals surface area contributed by atoms with Crippen LogP contribution in [0.25, 0.3) is 0 Å². The molecule has 0 saturated heterocycles. The zero-order valence-electron chi connectivity index (χ0n) is 5.39. The molecule has 0 atom stereocenters. The summed E-state index contributed by atoms with van der Waals surface area (Å²) in [4.78, 5) is 0. The summed E-state index contributed by atoms with van der Waals surface area (Å²) in [5, 5.41) is 0. The fourth-order valence-corrected chi connectivity index (χ4v) is 0. The van der Waals surface area contributed by atoms with Crippen LogP contribution in [0.3, 0.4) is 0 Å². The third kappa shape index (κ3) is 43.6. The van der Waals surface area contributed by atoms with Crippen LogP contribution in [0.2, 0.25) is 0 Å². The molecule has 0 aromatic rings. The van der Waals surface area contributed by atoms with Crippen LogP contribution in [0.15, 0.2) is 0 Å². The first-order chi connectivity index (χ1) is 2.00. The van der Waals surface area contributed by atoms with Crippen LogP contribution < -0.4 is 29.6 Å². The van der Waals surface area contributed by atoms with Crippen molar-refractivity contribution in [3.63, 3.8) is 0 Å². The van der Waals surface area contributed by atoms with Gasteiger partial charge in [0.25, 0.3) is 0 Å². The minimum absolute atomic E-state index is 0. The van der Waals surface area contributed by atoms with E-state index in [0.717, 1.165) is 0 Å². The van der Waals surface area contributed by atoms with Gasteiger partial charge in [0.1, 0.15) is 0 Å². The van der Waals surface area contributed by atoms with Crippen LogP contribution in [0.4, 0.5) is 0 Å². The van der Waals surface area contributed by atoms with Crippen LogP contribution in [-0.4, -0.2) is 4.08 Å². The standard InChI is InChI=1S/C3H8S2.Na.H/c1-3(2,4)5;;/h4-5H,1-2H3;;/q;+1;-1. The molecule has 0 rings (SSSR count). The maximum atomic E-state index is 3.99. The van der Waals surface area contributed by atoms with Crippen LogP contribution in [0.5, 0.6) is 0 Å². The van der Waals surface area contributed by atoms with Crippen molar-refractivity contribution in [1.29, 1.82) is 0 Å². The summed E-state index contributed by atoms with van der Waals surface area (Å²) in [5.74, 6) is 0. The van der Waals surface area contributed by atoms with Gasteiger partial charge in [0.2, 0.25) is 0 Å². The van der Waals surface area contributed by atoms with Crippen molar-refractivity contribution in [2.24, 2.45) is 0 Å². The molecule has 0 bridgehead atoms. The average Bonchev–Trinajstić information content (AvgIpc) is 0.722. The molecular weight excluding hydrogens is 123 g/mol. The molecule has 0 fully saturated rings. The second-order valence-corrected chi connectivity index (χ2v) is 4.08. The topological polar surface area (TPSA) is 0 Å². The van der Waals surface area contributed by atoms with Crippen molar-refractivity contribution in [2.45, 2.75) is 17.9 Å². The van der Waals surface area contributed by atoms with Crippen LogP contribution >= 0.6 is 25.3 Å². The second-order valence-electron chi connectivity index (χ2n) is 1.49. The van der Waals surface area contributed by atoms with Crippen LogP contribution in [0, 0.1) is 0 Å². The molecular formula is C3H9NaS2. The predicted molar refractivity (Wildman–Crippen MR) is 33.2 cm³/mol. The van der Waals surface area contributed by atoms with Gasteiger partial charge in [0.15, 0.2) is 0 Å². The van der Waals surface area contributed by atoms with Crippen molar-refractivity contribution in [2.75, 3.05) is 0 Å². The smallest absolute Gasteiger partial charge is 1.00 e. The Balaban J connectivity index is -0.0000000800. The Bertz CT molecular complexity index is 28.4. The molecule has 3 heteroatoms. The predicted octanol–water partition coefficient (Wildman–Crippen LogP) is -1.30. The quantitative estimate of drug-likeness (QED) is 0.228. The summed E-state index contributed by atoms with van der Waals surface area (Å²) in [6.45, 7) is 3.83. The summed E-state index contributed by atoms with van der Waals surface area (Å²) in [6, 6.07) is 0. The molecule has 0 aromatic carbocycles. The van der Waals surface area contributed by atoms with Crippen molar-refractivity contribution in [1.82, 2.24) is 0 Å². The van der Waals surface area contributed by atoms with Crippen molar-refractivity contribution >= 4 is 25.3 Å². The molecule has 0 saturated carbocycles. The van der Waals surface area contributed by atoms with Gasteiger partial charge in [-0.05, 0) is 13.8 Å². The van der Waals surface area contributed by atoms with Crippen LogP contribution in [-0.2, 0) is 0 Å². The fourth-order valence-electron chi connectivity index (χ4n) is 0. The third-order valence-electron chi connectivity index (χ3n) is 0. The van der Waals surface area contributed by atoms with Gasteiger partial charge in [0, 0.05) is 4.08 Å². The Morgan fingerprint density at radius 1 is 1.33 bits per heavy atom. The molecule has 0 heterocycles. The number of rotatable bonds is 0. The van der Waals surface area contributed by atoms with E-state index in [9.17, 15) is 0 Å². The maximum absolute atomic E-state index is 3.99. The number of thiol groups is 2. The molecule has 0 unspecified atom stereocenters. The molecule has 0 radical (unpaired) electrons. The first-order valence-electron chi connectivity index (χ1n) is 1.45. The SMILES string of the molecule is CC(C)(S)S.[H-].[Na+]. The molecule has 34 valence electrons. The Labute approximate surface area is 73.7 Å².